The van der Waals surface area contributed by atoms with Gasteiger partial charge in [0.25, 0.3) is 20.0 Å². The van der Waals surface area contributed by atoms with Crippen LogP contribution < -0.4 is 18.1 Å². The molecule has 0 fully saturated rings. The van der Waals surface area contributed by atoms with Crippen LogP contribution in [-0.4, -0.2) is 77.6 Å². The minimum absolute atomic E-state index is 0.0502. The molecule has 348 valence electrons. The van der Waals surface area contributed by atoms with Crippen LogP contribution in [0.25, 0.3) is 0 Å². The van der Waals surface area contributed by atoms with E-state index in [2.05, 4.69) is 9.47 Å². The van der Waals surface area contributed by atoms with Crippen LogP contribution in [0.5, 0.6) is 11.5 Å². The lowest BCUT2D eigenvalue weighted by molar-refractivity contribution is -0.257. The SMILES string of the molecule is C[C@@H]1COc2ccc(CC(=O)OC(C)(C)C(F)(F)F)cc2N1S(=O)(=O)c1ccc(F)cc1.C[C@H]1COc2ccc(CC(=O)OC(C)(C)C(F)(F)F)cc2N1S(=O)(=O)c1ccc(F)cc1. The molecule has 64 heavy (non-hydrogen) atoms. The number of fused-ring (bicyclic) bond motifs is 2. The molecule has 0 spiro atoms. The minimum atomic E-state index is -4.75. The van der Waals surface area contributed by atoms with Crippen LogP contribution in [0.15, 0.2) is 94.7 Å². The summed E-state index contributed by atoms with van der Waals surface area (Å²) in [6, 6.07) is 15.8. The molecule has 0 amide bonds. The Bertz CT molecular complexity index is 2410. The molecule has 0 aromatic heterocycles. The molecule has 0 radical (unpaired) electrons. The van der Waals surface area contributed by atoms with Gasteiger partial charge in [-0.15, -0.1) is 0 Å². The highest BCUT2D eigenvalue weighted by molar-refractivity contribution is 7.93. The van der Waals surface area contributed by atoms with Crippen LogP contribution in [0.3, 0.4) is 0 Å². The molecule has 0 bridgehead atoms. The normalized spacial score (nSPS) is 16.8. The predicted molar refractivity (Wildman–Crippen MR) is 215 cm³/mol. The number of hydrogen-bond acceptors (Lipinski definition) is 10. The number of nitrogens with zero attached hydrogens (tertiary/aromatic N) is 2. The van der Waals surface area contributed by atoms with Gasteiger partial charge in [-0.3, -0.25) is 18.2 Å². The van der Waals surface area contributed by atoms with Gasteiger partial charge < -0.3 is 18.9 Å². The Morgan fingerprint density at radius 2 is 0.891 bits per heavy atom. The van der Waals surface area contributed by atoms with Crippen molar-refractivity contribution < 1.29 is 80.5 Å². The summed E-state index contributed by atoms with van der Waals surface area (Å²) in [5.41, 5.74) is -4.63. The maximum absolute atomic E-state index is 13.3. The Labute approximate surface area is 363 Å². The van der Waals surface area contributed by atoms with E-state index in [4.69, 9.17) is 9.47 Å². The topological polar surface area (TPSA) is 146 Å². The molecule has 4 aromatic carbocycles. The van der Waals surface area contributed by atoms with Crippen molar-refractivity contribution in [2.45, 2.75) is 99.8 Å². The Morgan fingerprint density at radius 3 is 1.19 bits per heavy atom. The van der Waals surface area contributed by atoms with E-state index in [0.29, 0.717) is 0 Å². The molecule has 0 saturated carbocycles. The Balaban J connectivity index is 0.000000241. The fraction of sp³-hybridized carbons (Fsp3) is 0.381. The van der Waals surface area contributed by atoms with Gasteiger partial charge in [0.15, 0.2) is 0 Å². The smallest absolute Gasteiger partial charge is 0.427 e. The van der Waals surface area contributed by atoms with E-state index in [1.807, 2.05) is 0 Å². The summed E-state index contributed by atoms with van der Waals surface area (Å²) in [6.07, 6.45) is -10.5. The van der Waals surface area contributed by atoms with E-state index in [0.717, 1.165) is 84.8 Å². The van der Waals surface area contributed by atoms with Gasteiger partial charge in [-0.1, -0.05) is 12.1 Å². The first-order valence-corrected chi connectivity index (χ1v) is 22.0. The molecule has 2 heterocycles. The van der Waals surface area contributed by atoms with E-state index in [1.165, 1.54) is 36.4 Å². The molecule has 2 aliphatic heterocycles. The third-order valence-electron chi connectivity index (χ3n) is 9.82. The van der Waals surface area contributed by atoms with Crippen molar-refractivity contribution in [2.75, 3.05) is 21.8 Å². The number of ether oxygens (including phenoxy) is 4. The number of sulfonamides is 2. The van der Waals surface area contributed by atoms with Crippen LogP contribution >= 0.6 is 0 Å². The second-order valence-corrected chi connectivity index (χ2v) is 19.4. The van der Waals surface area contributed by atoms with Crippen molar-refractivity contribution >= 4 is 43.4 Å². The third-order valence-corrected chi connectivity index (χ3v) is 13.7. The molecule has 22 heteroatoms. The van der Waals surface area contributed by atoms with Crippen molar-refractivity contribution in [2.24, 2.45) is 0 Å². The number of hydrogen-bond donors (Lipinski definition) is 0. The molecule has 2 atom stereocenters. The minimum Gasteiger partial charge on any atom is -0.489 e. The molecule has 12 nitrogen and oxygen atoms in total. The van der Waals surface area contributed by atoms with E-state index in [-0.39, 0.29) is 57.0 Å². The number of alkyl halides is 6. The summed E-state index contributed by atoms with van der Waals surface area (Å²) in [5, 5.41) is 0. The molecule has 6 rings (SSSR count). The van der Waals surface area contributed by atoms with Crippen LogP contribution in [0.2, 0.25) is 0 Å². The lowest BCUT2D eigenvalue weighted by atomic mass is 10.1. The summed E-state index contributed by atoms with van der Waals surface area (Å²) in [6.45, 7) is 6.28. The van der Waals surface area contributed by atoms with Crippen molar-refractivity contribution in [3.05, 3.63) is 108 Å². The maximum atomic E-state index is 13.3. The van der Waals surface area contributed by atoms with Gasteiger partial charge in [0.2, 0.25) is 11.2 Å². The maximum Gasteiger partial charge on any atom is 0.427 e. The van der Waals surface area contributed by atoms with Gasteiger partial charge in [-0.05, 0) is 125 Å². The molecule has 0 unspecified atom stereocenters. The highest BCUT2D eigenvalue weighted by Gasteiger charge is 2.52. The second kappa shape index (κ2) is 18.1. The quantitative estimate of drug-likeness (QED) is 0.112. The summed E-state index contributed by atoms with van der Waals surface area (Å²) >= 11 is 0. The average molecular weight is 951 g/mol. The van der Waals surface area contributed by atoms with E-state index < -0.39 is 92.1 Å². The first-order valence-electron chi connectivity index (χ1n) is 19.1. The van der Waals surface area contributed by atoms with E-state index >= 15 is 0 Å². The third kappa shape index (κ3) is 10.8. The number of benzene rings is 4. The number of carbonyl (C=O) groups excluding carboxylic acids is 2. The Hall–Kier alpha value is -5.64. The molecular weight excluding hydrogens is 909 g/mol. The monoisotopic (exact) mass is 950 g/mol. The highest BCUT2D eigenvalue weighted by atomic mass is 32.2. The molecule has 2 aliphatic rings. The number of halogens is 8. The van der Waals surface area contributed by atoms with Crippen molar-refractivity contribution in [1.29, 1.82) is 0 Å². The van der Waals surface area contributed by atoms with Crippen LogP contribution in [0.4, 0.5) is 46.5 Å². The Morgan fingerprint density at radius 1 is 0.578 bits per heavy atom. The number of anilines is 2. The zero-order valence-electron chi connectivity index (χ0n) is 34.9. The molecular formula is C42H42F8N2O10S2. The van der Waals surface area contributed by atoms with Crippen molar-refractivity contribution in [1.82, 2.24) is 0 Å². The van der Waals surface area contributed by atoms with Gasteiger partial charge >= 0.3 is 24.3 Å². The first kappa shape index (κ1) is 49.4. The fourth-order valence-corrected chi connectivity index (χ4v) is 9.52. The molecule has 0 aliphatic carbocycles. The number of rotatable bonds is 10. The Kier molecular flexibility index (Phi) is 14.0. The lowest BCUT2D eigenvalue weighted by Gasteiger charge is -2.36. The molecule has 0 N–H and O–H groups in total. The van der Waals surface area contributed by atoms with Gasteiger partial charge in [0, 0.05) is 0 Å². The zero-order chi connectivity index (χ0) is 47.8. The van der Waals surface area contributed by atoms with Crippen LogP contribution in [0.1, 0.15) is 52.7 Å². The number of carbonyl (C=O) groups is 2. The molecule has 4 aromatic rings. The molecule has 0 saturated heterocycles. The van der Waals surface area contributed by atoms with Crippen LogP contribution in [0, 0.1) is 11.6 Å². The fourth-order valence-electron chi connectivity index (χ4n) is 6.23. The standard InChI is InChI=1S/2C21H21F4NO5S/c2*1-13-12-30-18-9-4-14(11-19(27)31-20(2,3)21(23,24)25)10-17(18)26(13)32(28,29)16-7-5-15(22)6-8-16/h2*4-10,13H,11-12H2,1-3H3/t2*13-/m10/s1. The predicted octanol–water partition coefficient (Wildman–Crippen LogP) is 8.46. The van der Waals surface area contributed by atoms with Crippen LogP contribution in [-0.2, 0) is 52.0 Å². The highest BCUT2D eigenvalue weighted by Crippen LogP contribution is 2.41. The first-order chi connectivity index (χ1) is 29.4. The largest absolute Gasteiger partial charge is 0.489 e. The van der Waals surface area contributed by atoms with E-state index in [9.17, 15) is 61.5 Å². The summed E-state index contributed by atoms with van der Waals surface area (Å²) in [4.78, 5) is 23.9. The van der Waals surface area contributed by atoms with Gasteiger partial charge in [0.05, 0.1) is 46.1 Å². The van der Waals surface area contributed by atoms with Crippen molar-refractivity contribution in [3.63, 3.8) is 0 Å². The van der Waals surface area contributed by atoms with Gasteiger partial charge in [-0.25, -0.2) is 25.6 Å². The summed E-state index contributed by atoms with van der Waals surface area (Å²) in [7, 11) is -8.23. The van der Waals surface area contributed by atoms with Gasteiger partial charge in [-0.2, -0.15) is 26.3 Å². The van der Waals surface area contributed by atoms with E-state index in [1.54, 1.807) is 13.8 Å². The summed E-state index contributed by atoms with van der Waals surface area (Å²) in [5.74, 6) is -2.98. The number of esters is 2. The second-order valence-electron chi connectivity index (χ2n) is 15.8. The summed E-state index contributed by atoms with van der Waals surface area (Å²) < 4.78 is 180. The van der Waals surface area contributed by atoms with Gasteiger partial charge in [0.1, 0.15) is 36.3 Å². The lowest BCUT2D eigenvalue weighted by Crippen LogP contribution is -2.45. The van der Waals surface area contributed by atoms with Crippen molar-refractivity contribution in [3.8, 4) is 11.5 Å². The average Bonchev–Trinajstić information content (AvgIpc) is 3.16. The zero-order valence-corrected chi connectivity index (χ0v) is 36.5.